The number of aromatic nitrogens is 2. The van der Waals surface area contributed by atoms with E-state index >= 15 is 0 Å². The molecule has 6 atom stereocenters. The first kappa shape index (κ1) is 24.7. The minimum Gasteiger partial charge on any atom is -0.387 e. The van der Waals surface area contributed by atoms with Crippen molar-refractivity contribution in [3.05, 3.63) is 22.7 Å². The molecule has 0 aromatic carbocycles. The molecule has 0 saturated carbocycles. The number of phosphoric acid groups is 2. The van der Waals surface area contributed by atoms with Crippen LogP contribution in [0.2, 0.25) is 0 Å². The van der Waals surface area contributed by atoms with E-state index in [2.05, 4.69) is 25.4 Å². The third-order valence-electron chi connectivity index (χ3n) is 3.28. The summed E-state index contributed by atoms with van der Waals surface area (Å²) in [5.41, 5.74) is 4.46. The first-order valence-electron chi connectivity index (χ1n) is 7.25. The van der Waals surface area contributed by atoms with E-state index in [0.29, 0.717) is 0 Å². The average molecular weight is 499 g/mol. The Hall–Kier alpha value is -0.610. The fraction of sp³-hybridized carbons (Fsp3) is 0.556. The first-order valence-corrected chi connectivity index (χ1v) is 12.9. The van der Waals surface area contributed by atoms with Gasteiger partial charge < -0.3 is 44.8 Å². The molecule has 1 aliphatic rings. The summed E-state index contributed by atoms with van der Waals surface area (Å²) >= 11 is 4.42. The zero-order valence-corrected chi connectivity index (χ0v) is 17.4. The van der Waals surface area contributed by atoms with Gasteiger partial charge in [0.2, 0.25) is 0 Å². The SMILES string of the molecule is Nc1ccn([C@@H]2O[C@H](COP(O)(=S)OP(=O)(O)OP(=O)(O)O)C(O)C2O)c(=O)n1. The average Bonchev–Trinajstić information content (AvgIpc) is 2.78. The smallest absolute Gasteiger partial charge is 0.387 e. The summed E-state index contributed by atoms with van der Waals surface area (Å²) in [4.78, 5) is 51.2. The molecule has 2 heterocycles. The second kappa shape index (κ2) is 8.86. The lowest BCUT2D eigenvalue weighted by Crippen LogP contribution is -2.36. The van der Waals surface area contributed by atoms with Crippen molar-refractivity contribution in [3.8, 4) is 0 Å². The van der Waals surface area contributed by atoms with Crippen LogP contribution in [0.4, 0.5) is 5.82 Å². The van der Waals surface area contributed by atoms with Crippen LogP contribution in [0.5, 0.6) is 0 Å². The molecule has 0 aliphatic carbocycles. The topological polar surface area (TPSA) is 253 Å². The number of hydrogen-bond donors (Lipinski definition) is 7. The Morgan fingerprint density at radius 2 is 1.83 bits per heavy atom. The molecule has 166 valence electrons. The van der Waals surface area contributed by atoms with Gasteiger partial charge in [0.1, 0.15) is 24.1 Å². The van der Waals surface area contributed by atoms with Gasteiger partial charge in [0.05, 0.1) is 6.61 Å². The second-order valence-electron chi connectivity index (χ2n) is 5.48. The largest absolute Gasteiger partial charge is 0.488 e. The van der Waals surface area contributed by atoms with Gasteiger partial charge in [-0.3, -0.25) is 4.57 Å². The molecule has 1 saturated heterocycles. The summed E-state index contributed by atoms with van der Waals surface area (Å²) < 4.78 is 40.3. The lowest BCUT2D eigenvalue weighted by atomic mass is 10.1. The minimum absolute atomic E-state index is 0.0942. The predicted octanol–water partition coefficient (Wildman–Crippen LogP) is -2.10. The number of hydrogen-bond acceptors (Lipinski definition) is 12. The zero-order valence-electron chi connectivity index (χ0n) is 13.9. The molecule has 0 amide bonds. The van der Waals surface area contributed by atoms with Gasteiger partial charge in [-0.25, -0.2) is 18.2 Å². The highest BCUT2D eigenvalue weighted by Gasteiger charge is 2.45. The van der Waals surface area contributed by atoms with E-state index in [0.717, 1.165) is 10.8 Å². The normalized spacial score (nSPS) is 29.3. The molecule has 1 aromatic rings. The van der Waals surface area contributed by atoms with E-state index in [4.69, 9.17) is 24.8 Å². The number of nitrogens with two attached hydrogens (primary N) is 1. The van der Waals surface area contributed by atoms with Crippen molar-refractivity contribution in [1.82, 2.24) is 9.55 Å². The Morgan fingerprint density at radius 1 is 1.21 bits per heavy atom. The summed E-state index contributed by atoms with van der Waals surface area (Å²) in [6.45, 7) is -5.43. The molecule has 0 radical (unpaired) electrons. The second-order valence-corrected chi connectivity index (χ2v) is 11.3. The number of anilines is 1. The van der Waals surface area contributed by atoms with Crippen molar-refractivity contribution in [2.24, 2.45) is 0 Å². The van der Waals surface area contributed by atoms with Crippen LogP contribution < -0.4 is 11.4 Å². The highest BCUT2D eigenvalue weighted by atomic mass is 32.5. The third-order valence-corrected chi connectivity index (χ3v) is 8.00. The van der Waals surface area contributed by atoms with Gasteiger partial charge in [-0.05, 0) is 17.9 Å². The van der Waals surface area contributed by atoms with Crippen molar-refractivity contribution < 1.29 is 56.8 Å². The van der Waals surface area contributed by atoms with Crippen LogP contribution in [0.3, 0.4) is 0 Å². The number of nitrogens with zero attached hydrogens (tertiary/aromatic N) is 2. The van der Waals surface area contributed by atoms with Gasteiger partial charge in [-0.1, -0.05) is 0 Å². The maximum Gasteiger partial charge on any atom is 0.488 e. The van der Waals surface area contributed by atoms with Gasteiger partial charge in [-0.15, -0.1) is 0 Å². The molecule has 0 spiro atoms. The Labute approximate surface area is 166 Å². The van der Waals surface area contributed by atoms with Crippen LogP contribution >= 0.6 is 22.4 Å². The Balaban J connectivity index is 2.05. The highest BCUT2D eigenvalue weighted by Crippen LogP contribution is 2.66. The molecule has 2 rings (SSSR count). The van der Waals surface area contributed by atoms with Crippen molar-refractivity contribution >= 4 is 40.0 Å². The summed E-state index contributed by atoms with van der Waals surface area (Å²) in [6.07, 6.45) is -4.98. The molecule has 29 heavy (non-hydrogen) atoms. The van der Waals surface area contributed by atoms with Crippen molar-refractivity contribution in [1.29, 1.82) is 0 Å². The fourth-order valence-electron chi connectivity index (χ4n) is 2.19. The Kier molecular flexibility index (Phi) is 7.54. The minimum atomic E-state index is -5.51. The van der Waals surface area contributed by atoms with Gasteiger partial charge in [0, 0.05) is 6.20 Å². The van der Waals surface area contributed by atoms with Crippen LogP contribution in [0.1, 0.15) is 6.23 Å². The number of ether oxygens (including phenoxy) is 1. The van der Waals surface area contributed by atoms with Crippen LogP contribution in [0, 0.1) is 0 Å². The maximum atomic E-state index is 11.8. The molecule has 4 unspecified atom stereocenters. The Bertz CT molecular complexity index is 951. The van der Waals surface area contributed by atoms with Crippen molar-refractivity contribution in [3.63, 3.8) is 0 Å². The number of aliphatic hydroxyl groups is 2. The van der Waals surface area contributed by atoms with Crippen molar-refractivity contribution in [2.45, 2.75) is 24.5 Å². The van der Waals surface area contributed by atoms with Gasteiger partial charge in [0.25, 0.3) is 0 Å². The fourth-order valence-corrected chi connectivity index (χ4v) is 6.16. The van der Waals surface area contributed by atoms with Crippen LogP contribution in [0.15, 0.2) is 17.1 Å². The monoisotopic (exact) mass is 499 g/mol. The van der Waals surface area contributed by atoms with Crippen LogP contribution in [-0.4, -0.2) is 64.3 Å². The molecule has 0 bridgehead atoms. The summed E-state index contributed by atoms with van der Waals surface area (Å²) in [5.74, 6) is -0.0942. The van der Waals surface area contributed by atoms with E-state index in [1.165, 1.54) is 6.07 Å². The lowest BCUT2D eigenvalue weighted by molar-refractivity contribution is -0.0526. The van der Waals surface area contributed by atoms with E-state index in [-0.39, 0.29) is 5.82 Å². The molecule has 1 fully saturated rings. The van der Waals surface area contributed by atoms with Crippen molar-refractivity contribution in [2.75, 3.05) is 12.3 Å². The molecular formula is C9H16N3O13P3S. The van der Waals surface area contributed by atoms with E-state index < -0.39 is 59.2 Å². The maximum absolute atomic E-state index is 11.8. The number of nitrogen functional groups attached to an aromatic ring is 1. The van der Waals surface area contributed by atoms with Crippen LogP contribution in [0.25, 0.3) is 0 Å². The van der Waals surface area contributed by atoms with E-state index in [1.54, 1.807) is 0 Å². The van der Waals surface area contributed by atoms with Gasteiger partial charge >= 0.3 is 28.1 Å². The quantitative estimate of drug-likeness (QED) is 0.189. The number of rotatable bonds is 8. The zero-order chi connectivity index (χ0) is 22.2. The van der Waals surface area contributed by atoms with E-state index in [9.17, 15) is 33.9 Å². The number of aliphatic hydroxyl groups excluding tert-OH is 2. The van der Waals surface area contributed by atoms with Gasteiger partial charge in [-0.2, -0.15) is 9.29 Å². The Morgan fingerprint density at radius 3 is 2.38 bits per heavy atom. The molecule has 8 N–H and O–H groups in total. The summed E-state index contributed by atoms with van der Waals surface area (Å²) in [7, 11) is -11.0. The third kappa shape index (κ3) is 6.95. The molecule has 1 aromatic heterocycles. The summed E-state index contributed by atoms with van der Waals surface area (Å²) in [5, 5.41) is 20.1. The predicted molar refractivity (Wildman–Crippen MR) is 95.3 cm³/mol. The molecular weight excluding hydrogens is 483 g/mol. The lowest BCUT2D eigenvalue weighted by Gasteiger charge is -2.21. The molecule has 1 aliphatic heterocycles. The highest BCUT2D eigenvalue weighted by molar-refractivity contribution is 8.08. The van der Waals surface area contributed by atoms with Gasteiger partial charge in [0.15, 0.2) is 6.23 Å². The standard InChI is InChI=1S/C9H16N3O13P3S/c10-5-1-2-12(9(15)11-5)8-7(14)6(13)4(23-8)3-22-28(21,29)25-27(19,20)24-26(16,17)18/h1-2,4,6-8,13-14H,3H2,(H,19,20)(H,21,29)(H2,10,11,15)(H2,16,17,18)/t4-,6?,7?,8-,28?/m1/s1. The van der Waals surface area contributed by atoms with E-state index in [1.807, 2.05) is 0 Å². The van der Waals surface area contributed by atoms with Crippen LogP contribution in [-0.2, 0) is 38.8 Å². The molecule has 20 heteroatoms. The summed E-state index contributed by atoms with van der Waals surface area (Å²) in [6, 6.07) is 1.23. The first-order chi connectivity index (χ1) is 13.1. The molecule has 16 nitrogen and oxygen atoms in total.